The number of carbonyl (C=O) groups is 2. The van der Waals surface area contributed by atoms with Gasteiger partial charge in [-0.3, -0.25) is 19.2 Å². The van der Waals surface area contributed by atoms with Gasteiger partial charge < -0.3 is 4.74 Å². The first-order chi connectivity index (χ1) is 15.2. The van der Waals surface area contributed by atoms with Crippen molar-refractivity contribution in [1.82, 2.24) is 4.90 Å². The molecule has 2 aromatic carbocycles. The Labute approximate surface area is 192 Å². The summed E-state index contributed by atoms with van der Waals surface area (Å²) in [5.74, 6) is -0.649. The van der Waals surface area contributed by atoms with E-state index in [1.165, 1.54) is 30.2 Å². The molecular formula is C23H25ClN2O5S. The molecule has 32 heavy (non-hydrogen) atoms. The van der Waals surface area contributed by atoms with Gasteiger partial charge in [-0.05, 0) is 55.2 Å². The lowest BCUT2D eigenvalue weighted by atomic mass is 9.81. The van der Waals surface area contributed by atoms with Crippen molar-refractivity contribution < 1.29 is 22.7 Å². The summed E-state index contributed by atoms with van der Waals surface area (Å²) in [6.07, 6.45) is 3.37. The van der Waals surface area contributed by atoms with Crippen LogP contribution in [0.4, 0.5) is 5.69 Å². The fourth-order valence-corrected chi connectivity index (χ4v) is 6.02. The molecule has 170 valence electrons. The number of methoxy groups -OCH3 is 1. The predicted octanol–water partition coefficient (Wildman–Crippen LogP) is 4.13. The van der Waals surface area contributed by atoms with Gasteiger partial charge in [0.15, 0.2) is 0 Å². The second kappa shape index (κ2) is 8.75. The van der Waals surface area contributed by atoms with Crippen molar-refractivity contribution in [1.29, 1.82) is 0 Å². The lowest BCUT2D eigenvalue weighted by Crippen LogP contribution is -2.30. The van der Waals surface area contributed by atoms with Crippen LogP contribution < -0.4 is 9.46 Å². The van der Waals surface area contributed by atoms with E-state index >= 15 is 0 Å². The number of benzene rings is 2. The predicted molar refractivity (Wildman–Crippen MR) is 121 cm³/mol. The number of halogens is 1. The maximum absolute atomic E-state index is 13.2. The van der Waals surface area contributed by atoms with E-state index in [2.05, 4.69) is 4.72 Å². The van der Waals surface area contributed by atoms with Crippen LogP contribution in [0.2, 0.25) is 5.02 Å². The molecule has 7 nitrogen and oxygen atoms in total. The van der Waals surface area contributed by atoms with Crippen molar-refractivity contribution in [3.63, 3.8) is 0 Å². The summed E-state index contributed by atoms with van der Waals surface area (Å²) in [4.78, 5) is 26.8. The zero-order valence-corrected chi connectivity index (χ0v) is 19.5. The van der Waals surface area contributed by atoms with Crippen LogP contribution in [0.5, 0.6) is 5.75 Å². The molecule has 2 aromatic rings. The number of hydrogen-bond donors (Lipinski definition) is 1. The molecule has 4 rings (SSSR count). The standard InChI is InChI=1S/C23H25ClN2O5S/c1-14-7-9-16(24)12-19(14)25-32(29,30)21-11-15(8-10-20(21)31-2)13-26-22(27)17-5-3-4-6-18(17)23(26)28/h7-12,17-18,25H,3-6,13H2,1-2H3/t17-,18-/m1/s1. The molecule has 2 amide bonds. The number of ether oxygens (including phenoxy) is 1. The van der Waals surface area contributed by atoms with Crippen LogP contribution in [0, 0.1) is 18.8 Å². The summed E-state index contributed by atoms with van der Waals surface area (Å²) in [6.45, 7) is 1.80. The van der Waals surface area contributed by atoms with Crippen molar-refractivity contribution >= 4 is 39.1 Å². The zero-order valence-electron chi connectivity index (χ0n) is 17.9. The number of carbonyl (C=O) groups excluding carboxylic acids is 2. The third-order valence-electron chi connectivity index (χ3n) is 6.23. The SMILES string of the molecule is COc1ccc(CN2C(=O)[C@@H]3CCCC[C@H]3C2=O)cc1S(=O)(=O)Nc1cc(Cl)ccc1C. The number of likely N-dealkylation sites (tertiary alicyclic amines) is 1. The van der Waals surface area contributed by atoms with E-state index in [4.69, 9.17) is 16.3 Å². The van der Waals surface area contributed by atoms with Gasteiger partial charge in [-0.2, -0.15) is 0 Å². The highest BCUT2D eigenvalue weighted by Gasteiger charge is 2.47. The van der Waals surface area contributed by atoms with Crippen LogP contribution >= 0.6 is 11.6 Å². The van der Waals surface area contributed by atoms with E-state index in [9.17, 15) is 18.0 Å². The topological polar surface area (TPSA) is 92.8 Å². The molecule has 2 atom stereocenters. The first-order valence-electron chi connectivity index (χ1n) is 10.5. The molecule has 1 saturated heterocycles. The molecular weight excluding hydrogens is 452 g/mol. The molecule has 0 aromatic heterocycles. The minimum atomic E-state index is -4.02. The summed E-state index contributed by atoms with van der Waals surface area (Å²) >= 11 is 6.02. The second-order valence-corrected chi connectivity index (χ2v) is 10.4. The highest BCUT2D eigenvalue weighted by molar-refractivity contribution is 7.92. The fraction of sp³-hybridized carbons (Fsp3) is 0.391. The Morgan fingerprint density at radius 3 is 2.34 bits per heavy atom. The van der Waals surface area contributed by atoms with Gasteiger partial charge >= 0.3 is 0 Å². The van der Waals surface area contributed by atoms with Gasteiger partial charge in [-0.1, -0.05) is 36.6 Å². The smallest absolute Gasteiger partial charge is 0.265 e. The number of amides is 2. The van der Waals surface area contributed by atoms with E-state index in [1.54, 1.807) is 25.1 Å². The molecule has 1 saturated carbocycles. The minimum Gasteiger partial charge on any atom is -0.495 e. The lowest BCUT2D eigenvalue weighted by molar-refractivity contribution is -0.140. The first-order valence-corrected chi connectivity index (χ1v) is 12.4. The number of nitrogens with one attached hydrogen (secondary N) is 1. The van der Waals surface area contributed by atoms with E-state index < -0.39 is 10.0 Å². The van der Waals surface area contributed by atoms with Gasteiger partial charge in [0.1, 0.15) is 10.6 Å². The third-order valence-corrected chi connectivity index (χ3v) is 7.86. The number of nitrogens with zero attached hydrogens (tertiary/aromatic N) is 1. The zero-order chi connectivity index (χ0) is 23.0. The minimum absolute atomic E-state index is 0.0351. The first kappa shape index (κ1) is 22.6. The van der Waals surface area contributed by atoms with Gasteiger partial charge in [-0.15, -0.1) is 0 Å². The molecule has 0 spiro atoms. The molecule has 1 aliphatic heterocycles. The molecule has 9 heteroatoms. The molecule has 1 N–H and O–H groups in total. The summed E-state index contributed by atoms with van der Waals surface area (Å²) < 4.78 is 34.2. The number of imide groups is 1. The van der Waals surface area contributed by atoms with Crippen LogP contribution in [0.15, 0.2) is 41.3 Å². The van der Waals surface area contributed by atoms with Gasteiger partial charge in [0.2, 0.25) is 11.8 Å². The summed E-state index contributed by atoms with van der Waals surface area (Å²) in [5.41, 5.74) is 1.61. The Morgan fingerprint density at radius 1 is 1.06 bits per heavy atom. The Bertz CT molecular complexity index is 1160. The molecule has 1 heterocycles. The Hall–Kier alpha value is -2.58. The van der Waals surface area contributed by atoms with Crippen molar-refractivity contribution in [2.75, 3.05) is 11.8 Å². The highest BCUT2D eigenvalue weighted by Crippen LogP contribution is 2.39. The maximum Gasteiger partial charge on any atom is 0.265 e. The Kier molecular flexibility index (Phi) is 6.18. The number of rotatable bonds is 6. The van der Waals surface area contributed by atoms with Crippen LogP contribution in [0.3, 0.4) is 0 Å². The van der Waals surface area contributed by atoms with E-state index in [1.807, 2.05) is 0 Å². The summed E-state index contributed by atoms with van der Waals surface area (Å²) in [5, 5.41) is 0.404. The van der Waals surface area contributed by atoms with Crippen LogP contribution in [-0.2, 0) is 26.2 Å². The van der Waals surface area contributed by atoms with Gasteiger partial charge in [0.05, 0.1) is 31.2 Å². The molecule has 2 fully saturated rings. The molecule has 2 aliphatic rings. The van der Waals surface area contributed by atoms with Crippen LogP contribution in [-0.4, -0.2) is 32.2 Å². The normalized spacial score (nSPS) is 20.9. The Morgan fingerprint density at radius 2 is 1.72 bits per heavy atom. The number of fused-ring (bicyclic) bond motifs is 1. The fourth-order valence-electron chi connectivity index (χ4n) is 4.50. The number of anilines is 1. The third kappa shape index (κ3) is 4.21. The summed E-state index contributed by atoms with van der Waals surface area (Å²) in [6, 6.07) is 9.59. The van der Waals surface area contributed by atoms with E-state index in [0.29, 0.717) is 21.8 Å². The number of sulfonamides is 1. The maximum atomic E-state index is 13.2. The number of aryl methyl sites for hydroxylation is 1. The van der Waals surface area contributed by atoms with Crippen molar-refractivity contribution in [2.24, 2.45) is 11.8 Å². The Balaban J connectivity index is 1.63. The van der Waals surface area contributed by atoms with Gasteiger partial charge in [0.25, 0.3) is 10.0 Å². The average Bonchev–Trinajstić information content (AvgIpc) is 3.01. The number of hydrogen-bond acceptors (Lipinski definition) is 5. The van der Waals surface area contributed by atoms with Crippen molar-refractivity contribution in [3.8, 4) is 5.75 Å². The van der Waals surface area contributed by atoms with Crippen LogP contribution in [0.1, 0.15) is 36.8 Å². The quantitative estimate of drug-likeness (QED) is 0.632. The van der Waals surface area contributed by atoms with E-state index in [0.717, 1.165) is 25.7 Å². The highest BCUT2D eigenvalue weighted by atomic mass is 35.5. The average molecular weight is 477 g/mol. The molecule has 0 radical (unpaired) electrons. The monoisotopic (exact) mass is 476 g/mol. The second-order valence-electron chi connectivity index (χ2n) is 8.31. The molecule has 0 unspecified atom stereocenters. The van der Waals surface area contributed by atoms with Crippen molar-refractivity contribution in [3.05, 3.63) is 52.5 Å². The lowest BCUT2D eigenvalue weighted by Gasteiger charge is -2.19. The van der Waals surface area contributed by atoms with E-state index in [-0.39, 0.29) is 40.8 Å². The van der Waals surface area contributed by atoms with Gasteiger partial charge in [0, 0.05) is 5.02 Å². The molecule has 1 aliphatic carbocycles. The largest absolute Gasteiger partial charge is 0.495 e. The molecule has 0 bridgehead atoms. The van der Waals surface area contributed by atoms with Crippen LogP contribution in [0.25, 0.3) is 0 Å². The van der Waals surface area contributed by atoms with Crippen molar-refractivity contribution in [2.45, 2.75) is 44.0 Å². The summed E-state index contributed by atoms with van der Waals surface area (Å²) in [7, 11) is -2.64. The van der Waals surface area contributed by atoms with Gasteiger partial charge in [-0.25, -0.2) is 8.42 Å².